The van der Waals surface area contributed by atoms with Gasteiger partial charge in [0.2, 0.25) is 5.91 Å². The number of pyridine rings is 1. The number of nitrogens with one attached hydrogen (secondary N) is 2. The van der Waals surface area contributed by atoms with Crippen LogP contribution in [-0.2, 0) is 16.1 Å². The molecule has 0 aliphatic carbocycles. The molecule has 1 aliphatic heterocycles. The van der Waals surface area contributed by atoms with Gasteiger partial charge in [-0.3, -0.25) is 19.6 Å². The molecule has 4 heterocycles. The molecule has 3 aromatic rings. The van der Waals surface area contributed by atoms with E-state index in [9.17, 15) is 9.18 Å². The van der Waals surface area contributed by atoms with Crippen molar-refractivity contribution in [2.24, 2.45) is 5.92 Å². The first-order valence-corrected chi connectivity index (χ1v) is 9.33. The SMILES string of the molecule is CC(C)(F)Cn1ncc2cnc(-c3[nH]ncc3NC(=O)C3CCOCC3)cc21. The number of halogens is 1. The van der Waals surface area contributed by atoms with Gasteiger partial charge in [0, 0.05) is 30.7 Å². The van der Waals surface area contributed by atoms with E-state index in [4.69, 9.17) is 4.74 Å². The van der Waals surface area contributed by atoms with Crippen molar-refractivity contribution >= 4 is 22.5 Å². The number of aromatic nitrogens is 5. The zero-order valence-electron chi connectivity index (χ0n) is 15.9. The minimum atomic E-state index is -1.39. The van der Waals surface area contributed by atoms with E-state index < -0.39 is 5.67 Å². The van der Waals surface area contributed by atoms with Crippen LogP contribution in [0.1, 0.15) is 26.7 Å². The standard InChI is InChI=1S/C19H23FN6O2/c1-19(2,20)11-26-16-7-14(21-8-13(16)9-23-26)17-15(10-22-25-17)24-18(27)12-3-5-28-6-4-12/h7-10,12H,3-6,11H2,1-2H3,(H,22,25)(H,24,27). The third-order valence-corrected chi connectivity index (χ3v) is 4.80. The van der Waals surface area contributed by atoms with Gasteiger partial charge in [0.25, 0.3) is 0 Å². The second-order valence-electron chi connectivity index (χ2n) is 7.68. The summed E-state index contributed by atoms with van der Waals surface area (Å²) in [6, 6.07) is 1.83. The Bertz CT molecular complexity index is 984. The molecule has 0 radical (unpaired) electrons. The van der Waals surface area contributed by atoms with Crippen LogP contribution in [0.15, 0.2) is 24.7 Å². The molecule has 1 fully saturated rings. The van der Waals surface area contributed by atoms with Gasteiger partial charge >= 0.3 is 0 Å². The first-order valence-electron chi connectivity index (χ1n) is 9.33. The van der Waals surface area contributed by atoms with Crippen molar-refractivity contribution in [3.05, 3.63) is 24.7 Å². The van der Waals surface area contributed by atoms with Crippen molar-refractivity contribution in [1.82, 2.24) is 25.0 Å². The number of alkyl halides is 1. The van der Waals surface area contributed by atoms with Crippen LogP contribution in [0.25, 0.3) is 22.3 Å². The molecule has 1 aliphatic rings. The number of fused-ring (bicyclic) bond motifs is 1. The molecular weight excluding hydrogens is 363 g/mol. The number of hydrogen-bond donors (Lipinski definition) is 2. The summed E-state index contributed by atoms with van der Waals surface area (Å²) < 4.78 is 21.0. The molecule has 1 amide bonds. The molecular formula is C19H23FN6O2. The first-order chi connectivity index (χ1) is 13.4. The summed E-state index contributed by atoms with van der Waals surface area (Å²) in [5.41, 5.74) is 1.16. The largest absolute Gasteiger partial charge is 0.381 e. The van der Waals surface area contributed by atoms with E-state index in [-0.39, 0.29) is 18.4 Å². The highest BCUT2D eigenvalue weighted by Crippen LogP contribution is 2.28. The average molecular weight is 386 g/mol. The van der Waals surface area contributed by atoms with Crippen LogP contribution in [0.4, 0.5) is 10.1 Å². The molecule has 0 bridgehead atoms. The molecule has 1 saturated heterocycles. The average Bonchev–Trinajstić information content (AvgIpc) is 3.28. The molecule has 4 rings (SSSR count). The highest BCUT2D eigenvalue weighted by molar-refractivity contribution is 5.96. The lowest BCUT2D eigenvalue weighted by molar-refractivity contribution is -0.122. The highest BCUT2D eigenvalue weighted by atomic mass is 19.1. The molecule has 28 heavy (non-hydrogen) atoms. The Kier molecular flexibility index (Phi) is 4.84. The van der Waals surface area contributed by atoms with Gasteiger partial charge in [0.15, 0.2) is 0 Å². The Morgan fingerprint density at radius 1 is 1.36 bits per heavy atom. The third kappa shape index (κ3) is 3.89. The molecule has 3 aromatic heterocycles. The second kappa shape index (κ2) is 7.31. The first kappa shape index (κ1) is 18.5. The quantitative estimate of drug-likeness (QED) is 0.703. The number of carbonyl (C=O) groups is 1. The number of anilines is 1. The monoisotopic (exact) mass is 386 g/mol. The van der Waals surface area contributed by atoms with Crippen LogP contribution in [0.3, 0.4) is 0 Å². The summed E-state index contributed by atoms with van der Waals surface area (Å²) in [5, 5.41) is 15.0. The number of ether oxygens (including phenoxy) is 1. The number of aromatic amines is 1. The molecule has 0 saturated carbocycles. The van der Waals surface area contributed by atoms with Gasteiger partial charge in [0.05, 0.1) is 35.8 Å². The summed E-state index contributed by atoms with van der Waals surface area (Å²) in [5.74, 6) is -0.114. The number of H-pyrrole nitrogens is 1. The number of carbonyl (C=O) groups excluding carboxylic acids is 1. The predicted molar refractivity (Wildman–Crippen MR) is 102 cm³/mol. The van der Waals surface area contributed by atoms with Gasteiger partial charge in [-0.2, -0.15) is 10.2 Å². The third-order valence-electron chi connectivity index (χ3n) is 4.80. The Morgan fingerprint density at radius 2 is 2.14 bits per heavy atom. The maximum atomic E-state index is 14.1. The van der Waals surface area contributed by atoms with Crippen LogP contribution in [0.5, 0.6) is 0 Å². The zero-order chi connectivity index (χ0) is 19.7. The van der Waals surface area contributed by atoms with E-state index in [0.29, 0.717) is 43.1 Å². The lowest BCUT2D eigenvalue weighted by Gasteiger charge is -2.21. The highest BCUT2D eigenvalue weighted by Gasteiger charge is 2.23. The van der Waals surface area contributed by atoms with Gasteiger partial charge in [-0.05, 0) is 32.8 Å². The summed E-state index contributed by atoms with van der Waals surface area (Å²) in [4.78, 5) is 17.0. The summed E-state index contributed by atoms with van der Waals surface area (Å²) in [7, 11) is 0. The van der Waals surface area contributed by atoms with Gasteiger partial charge in [-0.15, -0.1) is 0 Å². The smallest absolute Gasteiger partial charge is 0.227 e. The lowest BCUT2D eigenvalue weighted by atomic mass is 9.99. The van der Waals surface area contributed by atoms with Gasteiger partial charge < -0.3 is 10.1 Å². The van der Waals surface area contributed by atoms with E-state index in [1.807, 2.05) is 6.07 Å². The van der Waals surface area contributed by atoms with Crippen LogP contribution >= 0.6 is 0 Å². The molecule has 0 unspecified atom stereocenters. The zero-order valence-corrected chi connectivity index (χ0v) is 15.9. The second-order valence-corrected chi connectivity index (χ2v) is 7.68. The van der Waals surface area contributed by atoms with Crippen LogP contribution in [0, 0.1) is 5.92 Å². The van der Waals surface area contributed by atoms with Crippen molar-refractivity contribution in [1.29, 1.82) is 0 Å². The Morgan fingerprint density at radius 3 is 2.89 bits per heavy atom. The molecule has 0 atom stereocenters. The van der Waals surface area contributed by atoms with Crippen molar-refractivity contribution in [3.63, 3.8) is 0 Å². The fourth-order valence-electron chi connectivity index (χ4n) is 3.36. The van der Waals surface area contributed by atoms with E-state index in [2.05, 4.69) is 25.6 Å². The summed E-state index contributed by atoms with van der Waals surface area (Å²) in [6.45, 7) is 4.37. The topological polar surface area (TPSA) is 97.7 Å². The van der Waals surface area contributed by atoms with E-state index in [1.165, 1.54) is 13.8 Å². The maximum absolute atomic E-state index is 14.1. The predicted octanol–water partition coefficient (Wildman–Crippen LogP) is 2.93. The van der Waals surface area contributed by atoms with Crippen molar-refractivity contribution < 1.29 is 13.9 Å². The summed E-state index contributed by atoms with van der Waals surface area (Å²) >= 11 is 0. The minimum absolute atomic E-state index is 0.0451. The van der Waals surface area contributed by atoms with E-state index in [0.717, 1.165) is 10.9 Å². The maximum Gasteiger partial charge on any atom is 0.227 e. The Labute approximate surface area is 161 Å². The van der Waals surface area contributed by atoms with Gasteiger partial charge in [0.1, 0.15) is 11.4 Å². The minimum Gasteiger partial charge on any atom is -0.381 e. The van der Waals surface area contributed by atoms with Crippen LogP contribution in [0.2, 0.25) is 0 Å². The lowest BCUT2D eigenvalue weighted by Crippen LogP contribution is -2.28. The van der Waals surface area contributed by atoms with Crippen molar-refractivity contribution in [3.8, 4) is 11.4 Å². The summed E-state index contributed by atoms with van der Waals surface area (Å²) in [6.07, 6.45) is 6.34. The van der Waals surface area contributed by atoms with E-state index in [1.54, 1.807) is 23.3 Å². The molecule has 0 spiro atoms. The normalized spacial score (nSPS) is 15.8. The molecule has 2 N–H and O–H groups in total. The fraction of sp³-hybridized carbons (Fsp3) is 0.474. The number of rotatable bonds is 5. The molecule has 0 aromatic carbocycles. The van der Waals surface area contributed by atoms with E-state index >= 15 is 0 Å². The van der Waals surface area contributed by atoms with Crippen molar-refractivity contribution in [2.75, 3.05) is 18.5 Å². The van der Waals surface area contributed by atoms with Gasteiger partial charge in [-0.1, -0.05) is 0 Å². The number of nitrogens with zero attached hydrogens (tertiary/aromatic N) is 4. The van der Waals surface area contributed by atoms with Crippen molar-refractivity contribution in [2.45, 2.75) is 38.9 Å². The van der Waals surface area contributed by atoms with Crippen LogP contribution < -0.4 is 5.32 Å². The molecule has 8 nitrogen and oxygen atoms in total. The Hall–Kier alpha value is -2.81. The Balaban J connectivity index is 1.61. The molecule has 148 valence electrons. The van der Waals surface area contributed by atoms with Crippen LogP contribution in [-0.4, -0.2) is 49.8 Å². The fourth-order valence-corrected chi connectivity index (χ4v) is 3.36. The van der Waals surface area contributed by atoms with Gasteiger partial charge in [-0.25, -0.2) is 4.39 Å². The molecule has 9 heteroatoms. The number of amides is 1. The number of hydrogen-bond acceptors (Lipinski definition) is 5.